The van der Waals surface area contributed by atoms with Crippen LogP contribution in [0.15, 0.2) is 30.3 Å². The third-order valence-corrected chi connectivity index (χ3v) is 3.88. The van der Waals surface area contributed by atoms with E-state index in [2.05, 4.69) is 17.4 Å². The molecule has 21 heavy (non-hydrogen) atoms. The minimum absolute atomic E-state index is 0.0450. The van der Waals surface area contributed by atoms with Crippen LogP contribution in [-0.2, 0) is 16.0 Å². The highest BCUT2D eigenvalue weighted by Crippen LogP contribution is 2.12. The van der Waals surface area contributed by atoms with Gasteiger partial charge in [-0.25, -0.2) is 0 Å². The van der Waals surface area contributed by atoms with Crippen molar-refractivity contribution in [2.45, 2.75) is 39.2 Å². The van der Waals surface area contributed by atoms with Gasteiger partial charge in [0.25, 0.3) is 0 Å². The number of aryl methyl sites for hydroxylation is 1. The standard InChI is InChI=1S/C17H24N2O2/c1-13(2)16-17(21)19(12-15(20)18-16)11-7-6-10-14-8-4-3-5-9-14/h3-5,8-9,13,16H,6-7,10-12H2,1-2H3,(H,18,20). The first-order chi connectivity index (χ1) is 10.1. The topological polar surface area (TPSA) is 49.4 Å². The fourth-order valence-corrected chi connectivity index (χ4v) is 2.65. The van der Waals surface area contributed by atoms with Crippen molar-refractivity contribution in [3.05, 3.63) is 35.9 Å². The van der Waals surface area contributed by atoms with E-state index in [1.54, 1.807) is 4.90 Å². The normalized spacial score (nSPS) is 19.0. The molecule has 2 rings (SSSR count). The molecule has 1 N–H and O–H groups in total. The Labute approximate surface area is 126 Å². The van der Waals surface area contributed by atoms with Gasteiger partial charge in [-0.3, -0.25) is 9.59 Å². The number of nitrogens with zero attached hydrogens (tertiary/aromatic N) is 1. The highest BCUT2D eigenvalue weighted by molar-refractivity contribution is 5.94. The predicted octanol–water partition coefficient (Wildman–Crippen LogP) is 1.99. The summed E-state index contributed by atoms with van der Waals surface area (Å²) in [5.41, 5.74) is 1.32. The van der Waals surface area contributed by atoms with Crippen molar-refractivity contribution in [2.24, 2.45) is 5.92 Å². The maximum Gasteiger partial charge on any atom is 0.245 e. The highest BCUT2D eigenvalue weighted by atomic mass is 16.2. The van der Waals surface area contributed by atoms with E-state index in [-0.39, 0.29) is 30.3 Å². The fourth-order valence-electron chi connectivity index (χ4n) is 2.65. The number of nitrogens with one attached hydrogen (secondary N) is 1. The van der Waals surface area contributed by atoms with Crippen molar-refractivity contribution >= 4 is 11.8 Å². The van der Waals surface area contributed by atoms with Crippen LogP contribution in [0.25, 0.3) is 0 Å². The van der Waals surface area contributed by atoms with Crippen molar-refractivity contribution in [1.82, 2.24) is 10.2 Å². The lowest BCUT2D eigenvalue weighted by Gasteiger charge is -2.34. The number of piperazine rings is 1. The van der Waals surface area contributed by atoms with Crippen LogP contribution in [0.1, 0.15) is 32.3 Å². The third-order valence-electron chi connectivity index (χ3n) is 3.88. The SMILES string of the molecule is CC(C)C1NC(=O)CN(CCCCc2ccccc2)C1=O. The van der Waals surface area contributed by atoms with Gasteiger partial charge in [-0.1, -0.05) is 44.2 Å². The van der Waals surface area contributed by atoms with Crippen LogP contribution in [0.5, 0.6) is 0 Å². The lowest BCUT2D eigenvalue weighted by molar-refractivity contribution is -0.145. The molecule has 1 saturated heterocycles. The molecule has 1 aliphatic heterocycles. The molecule has 1 aromatic carbocycles. The Kier molecular flexibility index (Phi) is 5.37. The largest absolute Gasteiger partial charge is 0.343 e. The molecule has 0 radical (unpaired) electrons. The molecule has 1 unspecified atom stereocenters. The molecule has 114 valence electrons. The molecule has 2 amide bonds. The van der Waals surface area contributed by atoms with Crippen molar-refractivity contribution < 1.29 is 9.59 Å². The van der Waals surface area contributed by atoms with Gasteiger partial charge in [0, 0.05) is 6.54 Å². The first kappa shape index (κ1) is 15.5. The molecule has 4 heteroatoms. The van der Waals surface area contributed by atoms with E-state index >= 15 is 0 Å². The molecule has 4 nitrogen and oxygen atoms in total. The first-order valence-electron chi connectivity index (χ1n) is 7.70. The Balaban J connectivity index is 1.79. The van der Waals surface area contributed by atoms with Crippen LogP contribution in [-0.4, -0.2) is 35.8 Å². The van der Waals surface area contributed by atoms with Crippen LogP contribution in [0.4, 0.5) is 0 Å². The van der Waals surface area contributed by atoms with Crippen LogP contribution >= 0.6 is 0 Å². The van der Waals surface area contributed by atoms with E-state index in [1.165, 1.54) is 5.56 Å². The minimum Gasteiger partial charge on any atom is -0.343 e. The molecule has 1 atom stereocenters. The van der Waals surface area contributed by atoms with Gasteiger partial charge in [-0.05, 0) is 30.7 Å². The molecule has 0 aliphatic carbocycles. The zero-order valence-corrected chi connectivity index (χ0v) is 12.8. The van der Waals surface area contributed by atoms with Crippen LogP contribution in [0.3, 0.4) is 0 Å². The molecule has 1 heterocycles. The van der Waals surface area contributed by atoms with Crippen molar-refractivity contribution in [1.29, 1.82) is 0 Å². The lowest BCUT2D eigenvalue weighted by atomic mass is 10.0. The van der Waals surface area contributed by atoms with Gasteiger partial charge in [0.1, 0.15) is 6.04 Å². The molecule has 0 bridgehead atoms. The molecular formula is C17H24N2O2. The van der Waals surface area contributed by atoms with Gasteiger partial charge < -0.3 is 10.2 Å². The summed E-state index contributed by atoms with van der Waals surface area (Å²) in [6, 6.07) is 9.98. The average molecular weight is 288 g/mol. The van der Waals surface area contributed by atoms with Gasteiger partial charge in [0.05, 0.1) is 6.54 Å². The van der Waals surface area contributed by atoms with E-state index in [9.17, 15) is 9.59 Å². The summed E-state index contributed by atoms with van der Waals surface area (Å²) < 4.78 is 0. The second kappa shape index (κ2) is 7.25. The molecule has 0 saturated carbocycles. The number of carbonyl (C=O) groups is 2. The summed E-state index contributed by atoms with van der Waals surface area (Å²) >= 11 is 0. The molecular weight excluding hydrogens is 264 g/mol. The summed E-state index contributed by atoms with van der Waals surface area (Å²) in [4.78, 5) is 25.7. The number of hydrogen-bond donors (Lipinski definition) is 1. The maximum atomic E-state index is 12.3. The van der Waals surface area contributed by atoms with E-state index in [0.717, 1.165) is 19.3 Å². The van der Waals surface area contributed by atoms with E-state index < -0.39 is 0 Å². The van der Waals surface area contributed by atoms with Crippen molar-refractivity contribution in [2.75, 3.05) is 13.1 Å². The second-order valence-corrected chi connectivity index (χ2v) is 5.99. The van der Waals surface area contributed by atoms with E-state index in [1.807, 2.05) is 32.0 Å². The Morgan fingerprint density at radius 2 is 1.90 bits per heavy atom. The molecule has 1 aliphatic rings. The Morgan fingerprint density at radius 3 is 2.57 bits per heavy atom. The Morgan fingerprint density at radius 1 is 1.19 bits per heavy atom. The quantitative estimate of drug-likeness (QED) is 0.814. The first-order valence-corrected chi connectivity index (χ1v) is 7.70. The highest BCUT2D eigenvalue weighted by Gasteiger charge is 2.33. The average Bonchev–Trinajstić information content (AvgIpc) is 2.47. The Hall–Kier alpha value is -1.84. The molecule has 0 spiro atoms. The fraction of sp³-hybridized carbons (Fsp3) is 0.529. The summed E-state index contributed by atoms with van der Waals surface area (Å²) in [7, 11) is 0. The van der Waals surface area contributed by atoms with Gasteiger partial charge >= 0.3 is 0 Å². The van der Waals surface area contributed by atoms with Crippen LogP contribution < -0.4 is 5.32 Å². The van der Waals surface area contributed by atoms with E-state index in [4.69, 9.17) is 0 Å². The van der Waals surface area contributed by atoms with Gasteiger partial charge in [-0.15, -0.1) is 0 Å². The number of hydrogen-bond acceptors (Lipinski definition) is 2. The number of amides is 2. The molecule has 1 aromatic rings. The molecule has 1 fully saturated rings. The number of unbranched alkanes of at least 4 members (excludes halogenated alkanes) is 1. The van der Waals surface area contributed by atoms with E-state index in [0.29, 0.717) is 6.54 Å². The van der Waals surface area contributed by atoms with Crippen molar-refractivity contribution in [3.63, 3.8) is 0 Å². The summed E-state index contributed by atoms with van der Waals surface area (Å²) in [5.74, 6) is 0.147. The second-order valence-electron chi connectivity index (χ2n) is 5.99. The number of rotatable bonds is 6. The van der Waals surface area contributed by atoms with Crippen LogP contribution in [0.2, 0.25) is 0 Å². The van der Waals surface area contributed by atoms with Gasteiger partial charge in [0.15, 0.2) is 0 Å². The third kappa shape index (κ3) is 4.31. The lowest BCUT2D eigenvalue weighted by Crippen LogP contribution is -2.59. The summed E-state index contributed by atoms with van der Waals surface area (Å²) in [6.45, 7) is 4.79. The smallest absolute Gasteiger partial charge is 0.245 e. The van der Waals surface area contributed by atoms with Crippen LogP contribution in [0, 0.1) is 5.92 Å². The summed E-state index contributed by atoms with van der Waals surface area (Å²) in [5, 5.41) is 2.78. The monoisotopic (exact) mass is 288 g/mol. The summed E-state index contributed by atoms with van der Waals surface area (Å²) in [6.07, 6.45) is 2.98. The van der Waals surface area contributed by atoms with Gasteiger partial charge in [0.2, 0.25) is 11.8 Å². The van der Waals surface area contributed by atoms with Gasteiger partial charge in [-0.2, -0.15) is 0 Å². The Bertz CT molecular complexity index is 485. The molecule has 0 aromatic heterocycles. The predicted molar refractivity (Wildman–Crippen MR) is 82.7 cm³/mol. The number of carbonyl (C=O) groups excluding carboxylic acids is 2. The van der Waals surface area contributed by atoms with Crippen molar-refractivity contribution in [3.8, 4) is 0 Å². The number of benzene rings is 1. The zero-order chi connectivity index (χ0) is 15.2. The zero-order valence-electron chi connectivity index (χ0n) is 12.8. The maximum absolute atomic E-state index is 12.3. The minimum atomic E-state index is -0.361.